The summed E-state index contributed by atoms with van der Waals surface area (Å²) in [7, 11) is 1.80. The van der Waals surface area contributed by atoms with E-state index in [1.54, 1.807) is 24.1 Å². The third-order valence-corrected chi connectivity index (χ3v) is 1.98. The maximum Gasteiger partial charge on any atom is 0.251 e. The fourth-order valence-electron chi connectivity index (χ4n) is 1.29. The molecule has 15 heavy (non-hydrogen) atoms. The molecule has 0 unspecified atom stereocenters. The van der Waals surface area contributed by atoms with Crippen LogP contribution in [-0.2, 0) is 13.6 Å². The van der Waals surface area contributed by atoms with E-state index in [2.05, 4.69) is 15.1 Å². The highest BCUT2D eigenvalue weighted by Gasteiger charge is 2.04. The lowest BCUT2D eigenvalue weighted by molar-refractivity contribution is 0.768. The highest BCUT2D eigenvalue weighted by atomic mass is 16.1. The highest BCUT2D eigenvalue weighted by Crippen LogP contribution is 2.11. The SMILES string of the molecule is Cn1cc(-c2nc(CN)cc(=O)[nH]2)cn1. The summed E-state index contributed by atoms with van der Waals surface area (Å²) in [5.74, 6) is 0.496. The minimum atomic E-state index is -0.204. The van der Waals surface area contributed by atoms with Gasteiger partial charge in [-0.25, -0.2) is 4.98 Å². The smallest absolute Gasteiger partial charge is 0.251 e. The lowest BCUT2D eigenvalue weighted by atomic mass is 10.3. The lowest BCUT2D eigenvalue weighted by Gasteiger charge is -1.99. The quantitative estimate of drug-likeness (QED) is 0.700. The number of aromatic amines is 1. The van der Waals surface area contributed by atoms with Gasteiger partial charge in [-0.15, -0.1) is 0 Å². The fourth-order valence-corrected chi connectivity index (χ4v) is 1.29. The van der Waals surface area contributed by atoms with Crippen molar-refractivity contribution in [3.8, 4) is 11.4 Å². The number of nitrogens with zero attached hydrogens (tertiary/aromatic N) is 3. The largest absolute Gasteiger partial charge is 0.325 e. The number of hydrogen-bond donors (Lipinski definition) is 2. The van der Waals surface area contributed by atoms with Crippen molar-refractivity contribution in [3.63, 3.8) is 0 Å². The summed E-state index contributed by atoms with van der Waals surface area (Å²) in [6.07, 6.45) is 3.41. The second-order valence-corrected chi connectivity index (χ2v) is 3.19. The Labute approximate surface area is 85.8 Å². The number of rotatable bonds is 2. The molecule has 6 heteroatoms. The molecule has 78 valence electrons. The Hall–Kier alpha value is -1.95. The summed E-state index contributed by atoms with van der Waals surface area (Å²) >= 11 is 0. The zero-order chi connectivity index (χ0) is 10.8. The van der Waals surface area contributed by atoms with Crippen molar-refractivity contribution >= 4 is 0 Å². The van der Waals surface area contributed by atoms with Crippen molar-refractivity contribution in [1.82, 2.24) is 19.7 Å². The zero-order valence-corrected chi connectivity index (χ0v) is 8.27. The van der Waals surface area contributed by atoms with Gasteiger partial charge in [0, 0.05) is 25.9 Å². The molecule has 0 fully saturated rings. The molecule has 2 aromatic rings. The maximum atomic E-state index is 11.3. The molecule has 0 amide bonds. The summed E-state index contributed by atoms with van der Waals surface area (Å²) in [5.41, 5.74) is 6.57. The summed E-state index contributed by atoms with van der Waals surface area (Å²) in [5, 5.41) is 4.00. The van der Waals surface area contributed by atoms with Gasteiger partial charge in [0.2, 0.25) is 0 Å². The summed E-state index contributed by atoms with van der Waals surface area (Å²) in [6.45, 7) is 0.247. The van der Waals surface area contributed by atoms with E-state index in [0.29, 0.717) is 11.5 Å². The molecule has 2 rings (SSSR count). The molecule has 0 aliphatic rings. The molecule has 0 aromatic carbocycles. The Balaban J connectivity index is 2.53. The summed E-state index contributed by atoms with van der Waals surface area (Å²) in [6, 6.07) is 1.39. The van der Waals surface area contributed by atoms with E-state index in [1.165, 1.54) is 6.07 Å². The molecule has 0 saturated heterocycles. The van der Waals surface area contributed by atoms with Crippen LogP contribution in [0.1, 0.15) is 5.69 Å². The molecule has 3 N–H and O–H groups in total. The summed E-state index contributed by atoms with van der Waals surface area (Å²) < 4.78 is 1.64. The average Bonchev–Trinajstić information content (AvgIpc) is 2.64. The molecule has 2 aromatic heterocycles. The molecule has 0 saturated carbocycles. The van der Waals surface area contributed by atoms with Crippen molar-refractivity contribution in [2.75, 3.05) is 0 Å². The number of hydrogen-bond acceptors (Lipinski definition) is 4. The minimum Gasteiger partial charge on any atom is -0.325 e. The van der Waals surface area contributed by atoms with Crippen LogP contribution in [0.4, 0.5) is 0 Å². The van der Waals surface area contributed by atoms with Crippen molar-refractivity contribution in [1.29, 1.82) is 0 Å². The van der Waals surface area contributed by atoms with E-state index in [4.69, 9.17) is 5.73 Å². The molecule has 6 nitrogen and oxygen atoms in total. The van der Waals surface area contributed by atoms with Gasteiger partial charge < -0.3 is 10.7 Å². The van der Waals surface area contributed by atoms with E-state index in [0.717, 1.165) is 5.56 Å². The molecule has 0 aliphatic heterocycles. The van der Waals surface area contributed by atoms with Crippen LogP contribution in [0.25, 0.3) is 11.4 Å². The Kier molecular flexibility index (Phi) is 2.34. The van der Waals surface area contributed by atoms with Gasteiger partial charge in [-0.2, -0.15) is 5.10 Å². The van der Waals surface area contributed by atoms with Crippen molar-refractivity contribution in [2.24, 2.45) is 12.8 Å². The van der Waals surface area contributed by atoms with Crippen LogP contribution in [0, 0.1) is 0 Å². The second-order valence-electron chi connectivity index (χ2n) is 3.19. The third-order valence-electron chi connectivity index (χ3n) is 1.98. The van der Waals surface area contributed by atoms with E-state index in [-0.39, 0.29) is 12.1 Å². The molecule has 0 bridgehead atoms. The van der Waals surface area contributed by atoms with Gasteiger partial charge in [-0.3, -0.25) is 9.48 Å². The van der Waals surface area contributed by atoms with Gasteiger partial charge in [0.15, 0.2) is 0 Å². The van der Waals surface area contributed by atoms with Gasteiger partial charge >= 0.3 is 0 Å². The molecular weight excluding hydrogens is 194 g/mol. The van der Waals surface area contributed by atoms with Gasteiger partial charge in [0.25, 0.3) is 5.56 Å². The number of aromatic nitrogens is 4. The average molecular weight is 205 g/mol. The van der Waals surface area contributed by atoms with Crippen LogP contribution >= 0.6 is 0 Å². The number of nitrogens with one attached hydrogen (secondary N) is 1. The Morgan fingerprint density at radius 1 is 1.60 bits per heavy atom. The zero-order valence-electron chi connectivity index (χ0n) is 8.27. The maximum absolute atomic E-state index is 11.3. The predicted octanol–water partition coefficient (Wildman–Crippen LogP) is -0.371. The Bertz CT molecular complexity index is 527. The van der Waals surface area contributed by atoms with Crippen LogP contribution < -0.4 is 11.3 Å². The van der Waals surface area contributed by atoms with Crippen molar-refractivity contribution < 1.29 is 0 Å². The van der Waals surface area contributed by atoms with Crippen molar-refractivity contribution in [3.05, 3.63) is 34.5 Å². The standard InChI is InChI=1S/C9H11N5O/c1-14-5-6(4-11-14)9-12-7(3-10)2-8(15)13-9/h2,4-5H,3,10H2,1H3,(H,12,13,15). The molecule has 0 radical (unpaired) electrons. The third kappa shape index (κ3) is 1.94. The Morgan fingerprint density at radius 2 is 2.40 bits per heavy atom. The fraction of sp³-hybridized carbons (Fsp3) is 0.222. The molecule has 2 heterocycles. The van der Waals surface area contributed by atoms with E-state index < -0.39 is 0 Å². The Morgan fingerprint density at radius 3 is 3.00 bits per heavy atom. The van der Waals surface area contributed by atoms with Crippen LogP contribution in [0.3, 0.4) is 0 Å². The van der Waals surface area contributed by atoms with Crippen LogP contribution in [0.15, 0.2) is 23.3 Å². The monoisotopic (exact) mass is 205 g/mol. The predicted molar refractivity (Wildman–Crippen MR) is 55.0 cm³/mol. The molecule has 0 aliphatic carbocycles. The highest BCUT2D eigenvalue weighted by molar-refractivity contribution is 5.51. The van der Waals surface area contributed by atoms with E-state index in [1.807, 2.05) is 0 Å². The van der Waals surface area contributed by atoms with Crippen molar-refractivity contribution in [2.45, 2.75) is 6.54 Å². The van der Waals surface area contributed by atoms with E-state index in [9.17, 15) is 4.79 Å². The molecule has 0 atom stereocenters. The number of aryl methyl sites for hydroxylation is 1. The van der Waals surface area contributed by atoms with Crippen LogP contribution in [-0.4, -0.2) is 19.7 Å². The normalized spacial score (nSPS) is 10.5. The van der Waals surface area contributed by atoms with Gasteiger partial charge in [0.05, 0.1) is 17.5 Å². The minimum absolute atomic E-state index is 0.204. The topological polar surface area (TPSA) is 89.6 Å². The van der Waals surface area contributed by atoms with Gasteiger partial charge in [0.1, 0.15) is 5.82 Å². The molecule has 0 spiro atoms. The summed E-state index contributed by atoms with van der Waals surface area (Å²) in [4.78, 5) is 18.1. The number of nitrogens with two attached hydrogens (primary N) is 1. The first kappa shape index (κ1) is 9.60. The first-order chi connectivity index (χ1) is 7.19. The second kappa shape index (κ2) is 3.66. The first-order valence-corrected chi connectivity index (χ1v) is 4.48. The van der Waals surface area contributed by atoms with Gasteiger partial charge in [-0.05, 0) is 0 Å². The van der Waals surface area contributed by atoms with E-state index >= 15 is 0 Å². The van der Waals surface area contributed by atoms with Gasteiger partial charge in [-0.1, -0.05) is 0 Å². The first-order valence-electron chi connectivity index (χ1n) is 4.48. The molecular formula is C9H11N5O. The van der Waals surface area contributed by atoms with Crippen LogP contribution in [0.2, 0.25) is 0 Å². The van der Waals surface area contributed by atoms with Crippen LogP contribution in [0.5, 0.6) is 0 Å². The lowest BCUT2D eigenvalue weighted by Crippen LogP contribution is -2.12. The number of H-pyrrole nitrogens is 1.